The normalized spacial score (nSPS) is 32.1. The van der Waals surface area contributed by atoms with Crippen LogP contribution >= 0.6 is 0 Å². The number of carbonyl (C=O) groups excluding carboxylic acids is 2. The summed E-state index contributed by atoms with van der Waals surface area (Å²) in [5.74, 6) is -0.00376. The summed E-state index contributed by atoms with van der Waals surface area (Å²) in [6.07, 6.45) is 5.58. The molecule has 1 aromatic rings. The van der Waals surface area contributed by atoms with Crippen molar-refractivity contribution in [3.05, 3.63) is 33.9 Å². The van der Waals surface area contributed by atoms with Gasteiger partial charge in [-0.05, 0) is 68.3 Å². The number of nitro groups is 1. The zero-order chi connectivity index (χ0) is 20.8. The van der Waals surface area contributed by atoms with E-state index >= 15 is 0 Å². The molecule has 8 nitrogen and oxygen atoms in total. The highest BCUT2D eigenvalue weighted by Gasteiger charge is 2.57. The van der Waals surface area contributed by atoms with Crippen LogP contribution in [0.3, 0.4) is 0 Å². The Kier molecular flexibility index (Phi) is 4.85. The number of amides is 1. The number of aliphatic hydroxyl groups is 1. The van der Waals surface area contributed by atoms with Crippen LogP contribution in [0.1, 0.15) is 50.5 Å². The predicted molar refractivity (Wildman–Crippen MR) is 104 cm³/mol. The van der Waals surface area contributed by atoms with Crippen LogP contribution in [-0.4, -0.2) is 34.1 Å². The van der Waals surface area contributed by atoms with Crippen molar-refractivity contribution < 1.29 is 24.4 Å². The molecule has 5 rings (SSSR count). The highest BCUT2D eigenvalue weighted by Crippen LogP contribution is 2.62. The number of nitro benzene ring substituents is 1. The molecule has 4 fully saturated rings. The van der Waals surface area contributed by atoms with Gasteiger partial charge >= 0.3 is 5.97 Å². The predicted octanol–water partition coefficient (Wildman–Crippen LogP) is 3.11. The molecule has 4 bridgehead atoms. The Balaban J connectivity index is 1.32. The lowest BCUT2D eigenvalue weighted by Crippen LogP contribution is -2.56. The minimum Gasteiger partial charge on any atom is -0.456 e. The summed E-state index contributed by atoms with van der Waals surface area (Å²) in [5, 5.41) is 24.2. The smallest absolute Gasteiger partial charge is 0.306 e. The molecule has 2 N–H and O–H groups in total. The van der Waals surface area contributed by atoms with Crippen molar-refractivity contribution in [3.8, 4) is 0 Å². The van der Waals surface area contributed by atoms with Crippen molar-refractivity contribution in [2.24, 2.45) is 17.3 Å². The topological polar surface area (TPSA) is 119 Å². The monoisotopic (exact) mass is 402 g/mol. The molecule has 8 heteroatoms. The second-order valence-corrected chi connectivity index (χ2v) is 9.33. The summed E-state index contributed by atoms with van der Waals surface area (Å²) in [6.45, 7) is 1.29. The van der Waals surface area contributed by atoms with Crippen molar-refractivity contribution in [3.63, 3.8) is 0 Å². The maximum atomic E-state index is 12.4. The largest absolute Gasteiger partial charge is 0.456 e. The summed E-state index contributed by atoms with van der Waals surface area (Å²) in [7, 11) is 0. The van der Waals surface area contributed by atoms with Gasteiger partial charge in [-0.1, -0.05) is 6.07 Å². The van der Waals surface area contributed by atoms with Gasteiger partial charge in [0.2, 0.25) is 0 Å². The maximum absolute atomic E-state index is 12.4. The molecular weight excluding hydrogens is 376 g/mol. The van der Waals surface area contributed by atoms with Crippen LogP contribution in [0.2, 0.25) is 0 Å². The molecule has 0 radical (unpaired) electrons. The van der Waals surface area contributed by atoms with E-state index in [2.05, 4.69) is 5.32 Å². The van der Waals surface area contributed by atoms with Gasteiger partial charge in [0.25, 0.3) is 11.6 Å². The van der Waals surface area contributed by atoms with Crippen molar-refractivity contribution in [2.45, 2.75) is 57.5 Å². The number of non-ortho nitro benzene ring substituents is 1. The fraction of sp³-hybridized carbons (Fsp3) is 0.619. The van der Waals surface area contributed by atoms with Gasteiger partial charge < -0.3 is 15.2 Å². The molecule has 0 spiro atoms. The van der Waals surface area contributed by atoms with Gasteiger partial charge in [-0.15, -0.1) is 0 Å². The van der Waals surface area contributed by atoms with Crippen molar-refractivity contribution >= 4 is 23.3 Å². The molecule has 156 valence electrons. The first kappa shape index (κ1) is 19.8. The minimum absolute atomic E-state index is 0.123. The molecule has 0 aromatic heterocycles. The molecule has 4 atom stereocenters. The van der Waals surface area contributed by atoms with Gasteiger partial charge in [0.05, 0.1) is 22.6 Å². The van der Waals surface area contributed by atoms with Crippen LogP contribution in [-0.2, 0) is 14.3 Å². The first-order valence-corrected chi connectivity index (χ1v) is 10.1. The van der Waals surface area contributed by atoms with Crippen LogP contribution in [0.5, 0.6) is 0 Å². The van der Waals surface area contributed by atoms with Gasteiger partial charge in [0.1, 0.15) is 0 Å². The fourth-order valence-corrected chi connectivity index (χ4v) is 6.16. The number of anilines is 1. The van der Waals surface area contributed by atoms with Gasteiger partial charge in [0.15, 0.2) is 6.61 Å². The van der Waals surface area contributed by atoms with Crippen LogP contribution in [0.4, 0.5) is 11.4 Å². The minimum atomic E-state index is -0.638. The SMILES string of the molecule is Cc1ccc([N+](=O)[O-])cc1NC(=O)COC(=O)CC12C[C@@H]3C[C@@H](CC(O)(C3)C1)C2. The molecule has 2 unspecified atom stereocenters. The molecule has 4 aliphatic carbocycles. The van der Waals surface area contributed by atoms with E-state index in [-0.39, 0.29) is 17.5 Å². The van der Waals surface area contributed by atoms with E-state index in [0.717, 1.165) is 32.1 Å². The highest BCUT2D eigenvalue weighted by atomic mass is 16.6. The Hall–Kier alpha value is -2.48. The van der Waals surface area contributed by atoms with E-state index in [1.165, 1.54) is 12.1 Å². The third-order valence-electron chi connectivity index (χ3n) is 6.74. The van der Waals surface area contributed by atoms with E-state index in [1.807, 2.05) is 0 Å². The maximum Gasteiger partial charge on any atom is 0.306 e. The lowest BCUT2D eigenvalue weighted by atomic mass is 9.47. The molecule has 0 heterocycles. The molecular formula is C21H26N2O6. The van der Waals surface area contributed by atoms with E-state index < -0.39 is 29.0 Å². The number of esters is 1. The van der Waals surface area contributed by atoms with Gasteiger partial charge in [-0.3, -0.25) is 19.7 Å². The van der Waals surface area contributed by atoms with E-state index in [1.54, 1.807) is 13.0 Å². The zero-order valence-corrected chi connectivity index (χ0v) is 16.5. The van der Waals surface area contributed by atoms with Crippen LogP contribution < -0.4 is 5.32 Å². The van der Waals surface area contributed by atoms with Crippen molar-refractivity contribution in [2.75, 3.05) is 11.9 Å². The van der Waals surface area contributed by atoms with Gasteiger partial charge in [-0.2, -0.15) is 0 Å². The quantitative estimate of drug-likeness (QED) is 0.429. The van der Waals surface area contributed by atoms with Gasteiger partial charge in [0, 0.05) is 12.1 Å². The number of ether oxygens (including phenoxy) is 1. The van der Waals surface area contributed by atoms with Crippen LogP contribution in [0.15, 0.2) is 18.2 Å². The summed E-state index contributed by atoms with van der Waals surface area (Å²) in [6, 6.07) is 4.20. The van der Waals surface area contributed by atoms with Crippen LogP contribution in [0, 0.1) is 34.3 Å². The number of hydrogen-bond acceptors (Lipinski definition) is 6. The Morgan fingerprint density at radius 3 is 2.59 bits per heavy atom. The average Bonchev–Trinajstić information content (AvgIpc) is 2.59. The molecule has 1 aromatic carbocycles. The summed E-state index contributed by atoms with van der Waals surface area (Å²) in [4.78, 5) is 35.0. The first-order valence-electron chi connectivity index (χ1n) is 10.1. The second-order valence-electron chi connectivity index (χ2n) is 9.33. The molecule has 1 amide bonds. The highest BCUT2D eigenvalue weighted by molar-refractivity contribution is 5.93. The van der Waals surface area contributed by atoms with Gasteiger partial charge in [-0.25, -0.2) is 0 Å². The lowest BCUT2D eigenvalue weighted by molar-refractivity contribution is -0.384. The molecule has 0 saturated heterocycles. The molecule has 4 aliphatic rings. The number of rotatable bonds is 6. The summed E-state index contributed by atoms with van der Waals surface area (Å²) < 4.78 is 5.20. The number of nitrogens with one attached hydrogen (secondary N) is 1. The Morgan fingerprint density at radius 2 is 1.97 bits per heavy atom. The Morgan fingerprint density at radius 1 is 1.28 bits per heavy atom. The number of nitrogens with zero attached hydrogens (tertiary/aromatic N) is 1. The molecule has 4 saturated carbocycles. The lowest BCUT2D eigenvalue weighted by Gasteiger charge is -2.60. The number of aryl methyl sites for hydroxylation is 1. The number of hydrogen-bond donors (Lipinski definition) is 2. The third kappa shape index (κ3) is 4.12. The van der Waals surface area contributed by atoms with E-state index in [9.17, 15) is 24.8 Å². The molecule has 29 heavy (non-hydrogen) atoms. The Labute approximate surface area is 168 Å². The van der Waals surface area contributed by atoms with E-state index in [4.69, 9.17) is 4.74 Å². The zero-order valence-electron chi connectivity index (χ0n) is 16.5. The first-order chi connectivity index (χ1) is 13.7. The Bertz CT molecular complexity index is 853. The summed E-state index contributed by atoms with van der Waals surface area (Å²) in [5.41, 5.74) is 0.0351. The molecule has 0 aliphatic heterocycles. The standard InChI is InChI=1S/C21H26N2O6/c1-13-2-3-16(23(27)28)5-17(13)22-18(24)11-29-19(25)10-20-6-14-4-15(7-20)9-21(26,8-14)12-20/h2-3,5,14-15,26H,4,6-12H2,1H3,(H,22,24)/t14-,15+,20?,21?. The fourth-order valence-electron chi connectivity index (χ4n) is 6.16. The number of carbonyl (C=O) groups is 2. The van der Waals surface area contributed by atoms with Crippen molar-refractivity contribution in [1.82, 2.24) is 0 Å². The van der Waals surface area contributed by atoms with Crippen LogP contribution in [0.25, 0.3) is 0 Å². The van der Waals surface area contributed by atoms with E-state index in [0.29, 0.717) is 29.5 Å². The third-order valence-corrected chi connectivity index (χ3v) is 6.74. The summed E-state index contributed by atoms with van der Waals surface area (Å²) >= 11 is 0. The van der Waals surface area contributed by atoms with Crippen molar-refractivity contribution in [1.29, 1.82) is 0 Å². The second kappa shape index (κ2) is 7.09. The average molecular weight is 402 g/mol. The number of benzene rings is 1.